The molecule has 0 fully saturated rings. The average molecular weight is 736 g/mol. The second-order valence-corrected chi connectivity index (χ2v) is 16.2. The Bertz CT molecular complexity index is 3080. The number of fused-ring (bicyclic) bond motifs is 7. The highest BCUT2D eigenvalue weighted by molar-refractivity contribution is 7.26. The standard InChI is InChI=1S/C52H33NS2/c1-2-20-39-34(14-1)15-11-26-42(39)43-21-3-6-27-46(43)53(37-18-9-16-35(32-37)40-24-12-30-49-51(40)44-22-4-7-28-47(44)54-49)38-19-10-17-36(33-38)41-25-13-31-50-52(41)45-23-5-8-29-48(45)55-50/h1-33H. The van der Waals surface area contributed by atoms with Crippen molar-refractivity contribution in [3.05, 3.63) is 200 Å². The van der Waals surface area contributed by atoms with Gasteiger partial charge in [0.15, 0.2) is 0 Å². The van der Waals surface area contributed by atoms with E-state index in [0.717, 1.165) is 17.1 Å². The zero-order valence-corrected chi connectivity index (χ0v) is 31.4. The maximum atomic E-state index is 2.46. The van der Waals surface area contributed by atoms with Gasteiger partial charge in [0, 0.05) is 57.3 Å². The zero-order valence-electron chi connectivity index (χ0n) is 29.8. The molecule has 0 bridgehead atoms. The highest BCUT2D eigenvalue weighted by atomic mass is 32.1. The topological polar surface area (TPSA) is 3.24 Å². The van der Waals surface area contributed by atoms with Gasteiger partial charge < -0.3 is 4.90 Å². The van der Waals surface area contributed by atoms with E-state index in [9.17, 15) is 0 Å². The molecule has 55 heavy (non-hydrogen) atoms. The molecular formula is C52H33NS2. The first-order valence-corrected chi connectivity index (χ1v) is 20.3. The van der Waals surface area contributed by atoms with Crippen molar-refractivity contribution in [1.82, 2.24) is 0 Å². The van der Waals surface area contributed by atoms with Crippen LogP contribution in [0.5, 0.6) is 0 Å². The third-order valence-electron chi connectivity index (χ3n) is 10.9. The first-order chi connectivity index (χ1) is 27.3. The highest BCUT2D eigenvalue weighted by Gasteiger charge is 2.21. The number of benzene rings is 9. The van der Waals surface area contributed by atoms with E-state index in [1.165, 1.54) is 84.5 Å². The predicted octanol–water partition coefficient (Wildman–Crippen LogP) is 16.0. The van der Waals surface area contributed by atoms with Crippen LogP contribution in [0.3, 0.4) is 0 Å². The molecular weight excluding hydrogens is 703 g/mol. The molecule has 2 heterocycles. The van der Waals surface area contributed by atoms with Gasteiger partial charge in [-0.05, 0) is 93.2 Å². The van der Waals surface area contributed by atoms with E-state index < -0.39 is 0 Å². The molecule has 0 aliphatic carbocycles. The number of para-hydroxylation sites is 1. The Labute approximate surface area is 327 Å². The van der Waals surface area contributed by atoms with Gasteiger partial charge in [-0.1, -0.05) is 146 Å². The molecule has 0 N–H and O–H groups in total. The van der Waals surface area contributed by atoms with Gasteiger partial charge in [-0.2, -0.15) is 0 Å². The maximum absolute atomic E-state index is 2.46. The van der Waals surface area contributed by atoms with Gasteiger partial charge in [0.25, 0.3) is 0 Å². The Morgan fingerprint density at radius 2 is 0.745 bits per heavy atom. The Kier molecular flexibility index (Phi) is 7.61. The lowest BCUT2D eigenvalue weighted by molar-refractivity contribution is 1.28. The third kappa shape index (κ3) is 5.35. The first kappa shape index (κ1) is 32.0. The van der Waals surface area contributed by atoms with Gasteiger partial charge in [0.2, 0.25) is 0 Å². The molecule has 0 radical (unpaired) electrons. The molecule has 0 saturated carbocycles. The molecule has 0 aliphatic heterocycles. The number of thiophene rings is 2. The Morgan fingerprint density at radius 1 is 0.309 bits per heavy atom. The van der Waals surface area contributed by atoms with E-state index in [1.807, 2.05) is 22.7 Å². The number of anilines is 3. The van der Waals surface area contributed by atoms with Crippen LogP contribution < -0.4 is 4.90 Å². The quantitative estimate of drug-likeness (QED) is 0.164. The molecule has 3 heteroatoms. The van der Waals surface area contributed by atoms with Gasteiger partial charge in [-0.25, -0.2) is 0 Å². The summed E-state index contributed by atoms with van der Waals surface area (Å²) in [5.41, 5.74) is 10.7. The fourth-order valence-corrected chi connectivity index (χ4v) is 10.7. The molecule has 11 aromatic rings. The minimum atomic E-state index is 1.11. The van der Waals surface area contributed by atoms with E-state index in [0.29, 0.717) is 0 Å². The van der Waals surface area contributed by atoms with Crippen molar-refractivity contribution in [2.45, 2.75) is 0 Å². The summed E-state index contributed by atoms with van der Waals surface area (Å²) in [6.45, 7) is 0. The second kappa shape index (κ2) is 13.1. The van der Waals surface area contributed by atoms with Crippen LogP contribution in [0.2, 0.25) is 0 Å². The second-order valence-electron chi connectivity index (χ2n) is 14.0. The van der Waals surface area contributed by atoms with Gasteiger partial charge in [0.05, 0.1) is 5.69 Å². The normalized spacial score (nSPS) is 11.6. The minimum absolute atomic E-state index is 1.11. The number of rotatable bonds is 6. The van der Waals surface area contributed by atoms with E-state index in [1.54, 1.807) is 0 Å². The van der Waals surface area contributed by atoms with Gasteiger partial charge in [0.1, 0.15) is 0 Å². The van der Waals surface area contributed by atoms with Crippen molar-refractivity contribution in [2.75, 3.05) is 4.90 Å². The molecule has 0 amide bonds. The highest BCUT2D eigenvalue weighted by Crippen LogP contribution is 2.47. The summed E-state index contributed by atoms with van der Waals surface area (Å²) < 4.78 is 5.25. The average Bonchev–Trinajstić information content (AvgIpc) is 3.83. The summed E-state index contributed by atoms with van der Waals surface area (Å²) in [7, 11) is 0. The Balaban J connectivity index is 1.15. The van der Waals surface area contributed by atoms with Crippen molar-refractivity contribution < 1.29 is 0 Å². The molecule has 258 valence electrons. The van der Waals surface area contributed by atoms with Crippen molar-refractivity contribution in [1.29, 1.82) is 0 Å². The van der Waals surface area contributed by atoms with Crippen LogP contribution in [0.4, 0.5) is 17.1 Å². The van der Waals surface area contributed by atoms with E-state index in [-0.39, 0.29) is 0 Å². The van der Waals surface area contributed by atoms with Crippen LogP contribution in [0, 0.1) is 0 Å². The Hall–Kier alpha value is -6.52. The lowest BCUT2D eigenvalue weighted by atomic mass is 9.95. The van der Waals surface area contributed by atoms with Crippen LogP contribution in [0.1, 0.15) is 0 Å². The molecule has 0 spiro atoms. The summed E-state index contributed by atoms with van der Waals surface area (Å²) in [5.74, 6) is 0. The van der Waals surface area contributed by atoms with E-state index >= 15 is 0 Å². The fraction of sp³-hybridized carbons (Fsp3) is 0. The summed E-state index contributed by atoms with van der Waals surface area (Å²) in [6, 6.07) is 73.5. The molecule has 11 rings (SSSR count). The number of hydrogen-bond acceptors (Lipinski definition) is 3. The molecule has 0 atom stereocenters. The molecule has 0 aliphatic rings. The number of hydrogen-bond donors (Lipinski definition) is 0. The zero-order chi connectivity index (χ0) is 36.3. The molecule has 2 aromatic heterocycles. The van der Waals surface area contributed by atoms with Crippen LogP contribution in [0.25, 0.3) is 84.5 Å². The fourth-order valence-electron chi connectivity index (χ4n) is 8.44. The van der Waals surface area contributed by atoms with Crippen molar-refractivity contribution in [2.24, 2.45) is 0 Å². The number of nitrogens with zero attached hydrogens (tertiary/aromatic N) is 1. The minimum Gasteiger partial charge on any atom is -0.310 e. The van der Waals surface area contributed by atoms with E-state index in [2.05, 4.69) is 205 Å². The van der Waals surface area contributed by atoms with Crippen LogP contribution in [-0.4, -0.2) is 0 Å². The Morgan fingerprint density at radius 3 is 1.38 bits per heavy atom. The van der Waals surface area contributed by atoms with Crippen molar-refractivity contribution in [3.63, 3.8) is 0 Å². The summed E-state index contributed by atoms with van der Waals surface area (Å²) in [6.07, 6.45) is 0. The SMILES string of the molecule is c1cc(-c2cccc3sc4ccccc4c23)cc(N(c2cccc(-c3cccc4sc5ccccc5c34)c2)c2ccccc2-c2cccc3ccccc23)c1. The van der Waals surface area contributed by atoms with Crippen molar-refractivity contribution in [3.8, 4) is 33.4 Å². The largest absolute Gasteiger partial charge is 0.310 e. The lowest BCUT2D eigenvalue weighted by Gasteiger charge is -2.29. The monoisotopic (exact) mass is 735 g/mol. The van der Waals surface area contributed by atoms with Gasteiger partial charge in [-0.3, -0.25) is 0 Å². The van der Waals surface area contributed by atoms with Crippen LogP contribution >= 0.6 is 22.7 Å². The first-order valence-electron chi connectivity index (χ1n) is 18.7. The third-order valence-corrected chi connectivity index (χ3v) is 13.1. The van der Waals surface area contributed by atoms with Gasteiger partial charge in [-0.15, -0.1) is 22.7 Å². The van der Waals surface area contributed by atoms with Crippen LogP contribution in [-0.2, 0) is 0 Å². The summed E-state index contributed by atoms with van der Waals surface area (Å²) in [4.78, 5) is 2.46. The molecule has 0 saturated heterocycles. The smallest absolute Gasteiger partial charge is 0.0540 e. The van der Waals surface area contributed by atoms with E-state index in [4.69, 9.17) is 0 Å². The predicted molar refractivity (Wildman–Crippen MR) is 241 cm³/mol. The van der Waals surface area contributed by atoms with Crippen LogP contribution in [0.15, 0.2) is 200 Å². The molecule has 0 unspecified atom stereocenters. The lowest BCUT2D eigenvalue weighted by Crippen LogP contribution is -2.11. The van der Waals surface area contributed by atoms with Gasteiger partial charge >= 0.3 is 0 Å². The maximum Gasteiger partial charge on any atom is 0.0540 e. The summed E-state index contributed by atoms with van der Waals surface area (Å²) >= 11 is 3.73. The molecule has 9 aromatic carbocycles. The van der Waals surface area contributed by atoms with Crippen molar-refractivity contribution >= 4 is 90.9 Å². The molecule has 1 nitrogen and oxygen atoms in total. The summed E-state index contributed by atoms with van der Waals surface area (Å²) in [5, 5.41) is 7.74.